The summed E-state index contributed by atoms with van der Waals surface area (Å²) in [6, 6.07) is 13.9. The summed E-state index contributed by atoms with van der Waals surface area (Å²) >= 11 is -0.222. The summed E-state index contributed by atoms with van der Waals surface area (Å²) in [6.45, 7) is 2.07. The van der Waals surface area contributed by atoms with Gasteiger partial charge in [-0.15, -0.1) is 0 Å². The number of hydrogen-bond acceptors (Lipinski definition) is 2. The first-order valence-electron chi connectivity index (χ1n) is 7.43. The van der Waals surface area contributed by atoms with Gasteiger partial charge in [0.05, 0.1) is 0 Å². The predicted octanol–water partition coefficient (Wildman–Crippen LogP) is 4.30. The summed E-state index contributed by atoms with van der Waals surface area (Å²) in [5, 5.41) is 3.55. The number of benzene rings is 2. The van der Waals surface area contributed by atoms with Crippen LogP contribution in [0, 0.1) is 9.39 Å². The molecule has 1 fully saturated rings. The number of hydrogen-bond donors (Lipinski definition) is 1. The molecule has 2 aliphatic rings. The van der Waals surface area contributed by atoms with Crippen LogP contribution in [0.3, 0.4) is 0 Å². The van der Waals surface area contributed by atoms with Crippen LogP contribution in [0.1, 0.15) is 25.3 Å². The molecule has 4 heteroatoms. The molecule has 0 radical (unpaired) electrons. The Kier molecular flexibility index (Phi) is 3.66. The third kappa shape index (κ3) is 2.90. The van der Waals surface area contributed by atoms with Crippen molar-refractivity contribution in [3.8, 4) is 11.1 Å². The maximum absolute atomic E-state index is 13.1. The van der Waals surface area contributed by atoms with Crippen LogP contribution in [0.15, 0.2) is 47.5 Å². The van der Waals surface area contributed by atoms with Crippen molar-refractivity contribution in [3.05, 3.63) is 57.4 Å². The Morgan fingerprint density at radius 1 is 1.09 bits per heavy atom. The summed E-state index contributed by atoms with van der Waals surface area (Å²) in [5.74, 6) is -0.198. The lowest BCUT2D eigenvalue weighted by Crippen LogP contribution is -2.25. The molecule has 2 nitrogen and oxygen atoms in total. The Balaban J connectivity index is 1.70. The van der Waals surface area contributed by atoms with Gasteiger partial charge in [-0.2, -0.15) is 0 Å². The van der Waals surface area contributed by atoms with Crippen LogP contribution >= 0.6 is 20.7 Å². The average Bonchev–Trinajstić information content (AvgIpc) is 3.32. The van der Waals surface area contributed by atoms with Crippen molar-refractivity contribution in [2.45, 2.75) is 25.8 Å². The highest BCUT2D eigenvalue weighted by atomic mass is 127. The highest BCUT2D eigenvalue weighted by Crippen LogP contribution is 2.30. The van der Waals surface area contributed by atoms with Crippen LogP contribution in [-0.4, -0.2) is 15.5 Å². The molecule has 0 saturated heterocycles. The van der Waals surface area contributed by atoms with Crippen LogP contribution in [0.4, 0.5) is 4.39 Å². The molecule has 1 aliphatic heterocycles. The third-order valence-corrected chi connectivity index (χ3v) is 6.48. The molecule has 1 heterocycles. The van der Waals surface area contributed by atoms with Gasteiger partial charge in [-0.1, -0.05) is 18.2 Å². The first-order valence-corrected chi connectivity index (χ1v) is 9.59. The van der Waals surface area contributed by atoms with Gasteiger partial charge < -0.3 is 0 Å². The molecule has 2 aromatic rings. The molecule has 2 aromatic carbocycles. The molecule has 0 bridgehead atoms. The smallest absolute Gasteiger partial charge is 0.139 e. The summed E-state index contributed by atoms with van der Waals surface area (Å²) in [5.41, 5.74) is 4.49. The van der Waals surface area contributed by atoms with Crippen LogP contribution in [0.25, 0.3) is 11.1 Å². The van der Waals surface area contributed by atoms with E-state index in [4.69, 9.17) is 4.99 Å². The summed E-state index contributed by atoms with van der Waals surface area (Å²) < 4.78 is 15.7. The first-order chi connectivity index (χ1) is 10.7. The fourth-order valence-electron chi connectivity index (χ4n) is 2.49. The Bertz CT molecular complexity index is 789. The van der Waals surface area contributed by atoms with Crippen molar-refractivity contribution in [2.75, 3.05) is 0 Å². The standard InChI is InChI=1S/C18H16FIN2/c1-11-16-10-13(12-2-5-14(19)6-3-12)4-9-17(16)20-18(21-11)22-15-7-8-15/h2-6,9-10,15H,7-8H2,1H3,(H,21,22). The zero-order chi connectivity index (χ0) is 15.1. The maximum atomic E-state index is 13.1. The zero-order valence-electron chi connectivity index (χ0n) is 12.2. The van der Waals surface area contributed by atoms with Gasteiger partial charge in [0.15, 0.2) is 0 Å². The number of nitrogens with one attached hydrogen (secondary N) is 1. The molecule has 1 N–H and O–H groups in total. The molecule has 0 spiro atoms. The zero-order valence-corrected chi connectivity index (χ0v) is 14.4. The summed E-state index contributed by atoms with van der Waals surface area (Å²) in [6.07, 6.45) is 2.55. The molecular weight excluding hydrogens is 390 g/mol. The average molecular weight is 406 g/mol. The number of nitrogens with zero attached hydrogens (tertiary/aromatic N) is 1. The van der Waals surface area contributed by atoms with E-state index in [1.165, 1.54) is 37.9 Å². The van der Waals surface area contributed by atoms with E-state index >= 15 is 0 Å². The Morgan fingerprint density at radius 2 is 1.82 bits per heavy atom. The normalized spacial score (nSPS) is 17.2. The van der Waals surface area contributed by atoms with E-state index in [0.29, 0.717) is 6.04 Å². The minimum atomic E-state index is -0.222. The fourth-order valence-corrected chi connectivity index (χ4v) is 5.31. The predicted molar refractivity (Wildman–Crippen MR) is 97.9 cm³/mol. The number of rotatable bonds is 3. The molecule has 0 atom stereocenters. The lowest BCUT2D eigenvalue weighted by atomic mass is 10.0. The van der Waals surface area contributed by atoms with Crippen molar-refractivity contribution in [1.29, 1.82) is 0 Å². The van der Waals surface area contributed by atoms with Crippen molar-refractivity contribution >= 4 is 30.2 Å². The third-order valence-electron chi connectivity index (χ3n) is 3.89. The molecule has 0 aromatic heterocycles. The van der Waals surface area contributed by atoms with Gasteiger partial charge in [0, 0.05) is 20.9 Å². The van der Waals surface area contributed by atoms with Gasteiger partial charge in [0.25, 0.3) is 0 Å². The largest absolute Gasteiger partial charge is 0.265 e. The molecule has 0 unspecified atom stereocenters. The van der Waals surface area contributed by atoms with Gasteiger partial charge in [-0.05, 0) is 75.9 Å². The van der Waals surface area contributed by atoms with Crippen LogP contribution in [0.2, 0.25) is 0 Å². The fraction of sp³-hybridized carbons (Fsp3) is 0.222. The minimum Gasteiger partial charge on any atom is -0.265 e. The molecular formula is C18H16FIN2. The van der Waals surface area contributed by atoms with Gasteiger partial charge in [0.1, 0.15) is 9.57 Å². The van der Waals surface area contributed by atoms with Crippen LogP contribution in [-0.2, 0) is 0 Å². The number of aliphatic imine (C=N–C) groups is 1. The Hall–Kier alpha value is -1.40. The minimum absolute atomic E-state index is 0.198. The van der Waals surface area contributed by atoms with E-state index in [1.807, 2.05) is 12.1 Å². The van der Waals surface area contributed by atoms with Gasteiger partial charge >= 0.3 is 0 Å². The monoisotopic (exact) mass is 406 g/mol. The number of fused-ring (bicyclic) bond motifs is 1. The van der Waals surface area contributed by atoms with E-state index in [-0.39, 0.29) is 26.5 Å². The van der Waals surface area contributed by atoms with Crippen molar-refractivity contribution in [1.82, 2.24) is 5.32 Å². The second kappa shape index (κ2) is 5.66. The lowest BCUT2D eigenvalue weighted by Gasteiger charge is -2.15. The van der Waals surface area contributed by atoms with Crippen molar-refractivity contribution < 1.29 is 4.39 Å². The first kappa shape index (κ1) is 14.2. The molecule has 1 aliphatic carbocycles. The highest BCUT2D eigenvalue weighted by molar-refractivity contribution is 14.2. The van der Waals surface area contributed by atoms with E-state index < -0.39 is 0 Å². The van der Waals surface area contributed by atoms with E-state index in [0.717, 1.165) is 16.8 Å². The number of halogens is 2. The maximum Gasteiger partial charge on any atom is 0.139 e. The summed E-state index contributed by atoms with van der Waals surface area (Å²) in [4.78, 5) is 4.76. The van der Waals surface area contributed by atoms with Crippen molar-refractivity contribution in [3.63, 3.8) is 0 Å². The molecule has 4 rings (SSSR count). The molecule has 1 saturated carbocycles. The topological polar surface area (TPSA) is 24.4 Å². The highest BCUT2D eigenvalue weighted by Gasteiger charge is 2.23. The Morgan fingerprint density at radius 3 is 2.55 bits per heavy atom. The summed E-state index contributed by atoms with van der Waals surface area (Å²) in [7, 11) is 0. The van der Waals surface area contributed by atoms with Crippen LogP contribution in [0.5, 0.6) is 0 Å². The Labute approximate surface area is 139 Å². The lowest BCUT2D eigenvalue weighted by molar-refractivity contribution is 0.628. The molecule has 22 heavy (non-hydrogen) atoms. The van der Waals surface area contributed by atoms with Gasteiger partial charge in [-0.3, -0.25) is 5.32 Å². The van der Waals surface area contributed by atoms with Gasteiger partial charge in [-0.25, -0.2) is 9.38 Å². The molecule has 0 amide bonds. The van der Waals surface area contributed by atoms with E-state index in [9.17, 15) is 4.39 Å². The second-order valence-corrected chi connectivity index (χ2v) is 8.43. The van der Waals surface area contributed by atoms with E-state index in [1.54, 1.807) is 0 Å². The SMILES string of the molecule is CC1=NC(NC2CC2)=Ic2ccc(-c3ccc(F)cc3)cc21. The van der Waals surface area contributed by atoms with Gasteiger partial charge in [0.2, 0.25) is 0 Å². The quantitative estimate of drug-likeness (QED) is 0.756. The second-order valence-electron chi connectivity index (χ2n) is 5.70. The van der Waals surface area contributed by atoms with E-state index in [2.05, 4.69) is 30.4 Å². The van der Waals surface area contributed by atoms with Crippen LogP contribution < -0.4 is 5.32 Å². The van der Waals surface area contributed by atoms with Crippen molar-refractivity contribution in [2.24, 2.45) is 4.99 Å². The molecule has 112 valence electrons.